The van der Waals surface area contributed by atoms with E-state index in [9.17, 15) is 4.79 Å². The quantitative estimate of drug-likeness (QED) is 0.475. The minimum Gasteiger partial charge on any atom is -0.280 e. The molecule has 0 aliphatic heterocycles. The molecule has 0 fully saturated rings. The van der Waals surface area contributed by atoms with Crippen molar-refractivity contribution in [2.45, 2.75) is 18.2 Å². The smallest absolute Gasteiger partial charge is 0.235 e. The van der Waals surface area contributed by atoms with Crippen molar-refractivity contribution in [1.82, 2.24) is 0 Å². The third kappa shape index (κ3) is 3.06. The van der Waals surface area contributed by atoms with Gasteiger partial charge in [0.05, 0.1) is 4.83 Å². The van der Waals surface area contributed by atoms with Crippen LogP contribution in [0.4, 0.5) is 0 Å². The van der Waals surface area contributed by atoms with Crippen LogP contribution in [0.1, 0.15) is 13.3 Å². The summed E-state index contributed by atoms with van der Waals surface area (Å²) in [5.74, 6) is 0. The highest BCUT2D eigenvalue weighted by Crippen LogP contribution is 2.06. The standard InChI is InChI=1S/C4H6BrClO/c1-2-3(5)4(6)7/h3H,2H2,1H3. The summed E-state index contributed by atoms with van der Waals surface area (Å²) in [6, 6.07) is 0. The molecule has 0 aliphatic carbocycles. The van der Waals surface area contributed by atoms with Crippen LogP contribution >= 0.6 is 27.5 Å². The Morgan fingerprint density at radius 3 is 2.43 bits per heavy atom. The second kappa shape index (κ2) is 3.44. The van der Waals surface area contributed by atoms with Crippen LogP contribution in [-0.2, 0) is 4.79 Å². The van der Waals surface area contributed by atoms with Crippen LogP contribution in [-0.4, -0.2) is 10.1 Å². The van der Waals surface area contributed by atoms with Crippen molar-refractivity contribution in [1.29, 1.82) is 0 Å². The van der Waals surface area contributed by atoms with E-state index in [1.165, 1.54) is 0 Å². The molecule has 0 saturated carbocycles. The van der Waals surface area contributed by atoms with Gasteiger partial charge in [0, 0.05) is 0 Å². The number of hydrogen-bond donors (Lipinski definition) is 0. The first-order valence-corrected chi connectivity index (χ1v) is 3.31. The number of hydrogen-bond acceptors (Lipinski definition) is 1. The first kappa shape index (κ1) is 7.44. The van der Waals surface area contributed by atoms with E-state index in [-0.39, 0.29) is 10.1 Å². The summed E-state index contributed by atoms with van der Waals surface area (Å²) in [5, 5.41) is -0.317. The maximum Gasteiger partial charge on any atom is 0.235 e. The fourth-order valence-electron chi connectivity index (χ4n) is 0.160. The number of rotatable bonds is 2. The lowest BCUT2D eigenvalue weighted by molar-refractivity contribution is -0.111. The van der Waals surface area contributed by atoms with Crippen LogP contribution in [0.5, 0.6) is 0 Å². The predicted octanol–water partition coefficient (Wildman–Crippen LogP) is 1.93. The Morgan fingerprint density at radius 2 is 2.43 bits per heavy atom. The lowest BCUT2D eigenvalue weighted by atomic mass is 10.4. The normalized spacial score (nSPS) is 13.6. The van der Waals surface area contributed by atoms with Gasteiger partial charge in [0.1, 0.15) is 0 Å². The van der Waals surface area contributed by atoms with Gasteiger partial charge in [0.2, 0.25) is 5.24 Å². The number of halogens is 2. The Kier molecular flexibility index (Phi) is 3.66. The molecule has 0 rings (SSSR count). The molecule has 42 valence electrons. The molecule has 1 atom stereocenters. The molecule has 0 aromatic heterocycles. The summed E-state index contributed by atoms with van der Waals surface area (Å²) >= 11 is 8.10. The van der Waals surface area contributed by atoms with Crippen molar-refractivity contribution >= 4 is 32.8 Å². The average Bonchev–Trinajstić information content (AvgIpc) is 1.65. The zero-order valence-electron chi connectivity index (χ0n) is 3.95. The number of carbonyl (C=O) groups is 1. The van der Waals surface area contributed by atoms with Crippen molar-refractivity contribution in [3.8, 4) is 0 Å². The molecule has 3 heteroatoms. The lowest BCUT2D eigenvalue weighted by Gasteiger charge is -1.93. The van der Waals surface area contributed by atoms with Crippen molar-refractivity contribution in [3.63, 3.8) is 0 Å². The Morgan fingerprint density at radius 1 is 2.00 bits per heavy atom. The van der Waals surface area contributed by atoms with Gasteiger partial charge in [-0.15, -0.1) is 0 Å². The molecule has 7 heavy (non-hydrogen) atoms. The van der Waals surface area contributed by atoms with Crippen LogP contribution in [0, 0.1) is 0 Å². The third-order valence-electron chi connectivity index (χ3n) is 0.605. The molecular formula is C4H6BrClO. The maximum absolute atomic E-state index is 10.1. The van der Waals surface area contributed by atoms with E-state index in [0.29, 0.717) is 0 Å². The van der Waals surface area contributed by atoms with Crippen molar-refractivity contribution in [3.05, 3.63) is 0 Å². The molecule has 0 aromatic carbocycles. The highest BCUT2D eigenvalue weighted by molar-refractivity contribution is 9.10. The van der Waals surface area contributed by atoms with Gasteiger partial charge < -0.3 is 0 Å². The maximum atomic E-state index is 10.1. The molecule has 0 spiro atoms. The summed E-state index contributed by atoms with van der Waals surface area (Å²) < 4.78 is 0. The summed E-state index contributed by atoms with van der Waals surface area (Å²) in [6.45, 7) is 1.89. The van der Waals surface area contributed by atoms with Gasteiger partial charge in [0.15, 0.2) is 0 Å². The van der Waals surface area contributed by atoms with Gasteiger partial charge in [-0.05, 0) is 18.0 Å². The topological polar surface area (TPSA) is 17.1 Å². The molecule has 0 aromatic rings. The van der Waals surface area contributed by atoms with Crippen molar-refractivity contribution < 1.29 is 4.79 Å². The molecular weight excluding hydrogens is 179 g/mol. The van der Waals surface area contributed by atoms with Crippen LogP contribution < -0.4 is 0 Å². The van der Waals surface area contributed by atoms with Gasteiger partial charge in [0.25, 0.3) is 0 Å². The van der Waals surface area contributed by atoms with Gasteiger partial charge in [-0.25, -0.2) is 0 Å². The first-order chi connectivity index (χ1) is 3.18. The second-order valence-corrected chi connectivity index (χ2v) is 2.66. The van der Waals surface area contributed by atoms with Crippen LogP contribution in [0.25, 0.3) is 0 Å². The summed E-state index contributed by atoms with van der Waals surface area (Å²) in [7, 11) is 0. The van der Waals surface area contributed by atoms with Gasteiger partial charge in [-0.1, -0.05) is 22.9 Å². The average molecular weight is 185 g/mol. The lowest BCUT2D eigenvalue weighted by Crippen LogP contribution is -2.03. The number of alkyl halides is 1. The van der Waals surface area contributed by atoms with Crippen LogP contribution in [0.2, 0.25) is 0 Å². The minimum absolute atomic E-state index is 0.158. The summed E-state index contributed by atoms with van der Waals surface area (Å²) in [5.41, 5.74) is 0. The van der Waals surface area contributed by atoms with Crippen LogP contribution in [0.3, 0.4) is 0 Å². The van der Waals surface area contributed by atoms with E-state index in [4.69, 9.17) is 11.6 Å². The molecule has 0 N–H and O–H groups in total. The molecule has 0 heterocycles. The van der Waals surface area contributed by atoms with E-state index in [2.05, 4.69) is 15.9 Å². The van der Waals surface area contributed by atoms with Gasteiger partial charge in [-0.3, -0.25) is 4.79 Å². The summed E-state index contributed by atoms with van der Waals surface area (Å²) in [4.78, 5) is 9.94. The Hall–Kier alpha value is 0.440. The third-order valence-corrected chi connectivity index (χ3v) is 2.20. The van der Waals surface area contributed by atoms with E-state index < -0.39 is 0 Å². The highest BCUT2D eigenvalue weighted by atomic mass is 79.9. The predicted molar refractivity (Wildman–Crippen MR) is 33.9 cm³/mol. The molecule has 0 radical (unpaired) electrons. The molecule has 0 amide bonds. The molecule has 0 bridgehead atoms. The monoisotopic (exact) mass is 184 g/mol. The Bertz CT molecular complexity index is 74.1. The zero-order valence-corrected chi connectivity index (χ0v) is 6.29. The van der Waals surface area contributed by atoms with E-state index in [0.717, 1.165) is 6.42 Å². The molecule has 0 aliphatic rings. The first-order valence-electron chi connectivity index (χ1n) is 2.02. The van der Waals surface area contributed by atoms with Gasteiger partial charge >= 0.3 is 0 Å². The van der Waals surface area contributed by atoms with Crippen molar-refractivity contribution in [2.24, 2.45) is 0 Å². The Labute approximate surface area is 56.2 Å². The molecule has 1 unspecified atom stereocenters. The van der Waals surface area contributed by atoms with Crippen LogP contribution in [0.15, 0.2) is 0 Å². The minimum atomic E-state index is -0.317. The van der Waals surface area contributed by atoms with Gasteiger partial charge in [-0.2, -0.15) is 0 Å². The number of carbonyl (C=O) groups excluding carboxylic acids is 1. The Balaban J connectivity index is 3.34. The largest absolute Gasteiger partial charge is 0.280 e. The van der Waals surface area contributed by atoms with Crippen molar-refractivity contribution in [2.75, 3.05) is 0 Å². The van der Waals surface area contributed by atoms with E-state index >= 15 is 0 Å². The van der Waals surface area contributed by atoms with E-state index in [1.807, 2.05) is 6.92 Å². The second-order valence-electron chi connectivity index (χ2n) is 1.18. The fraction of sp³-hybridized carbons (Fsp3) is 0.750. The molecule has 1 nitrogen and oxygen atoms in total. The fourth-order valence-corrected chi connectivity index (χ4v) is 0.315. The molecule has 0 saturated heterocycles. The van der Waals surface area contributed by atoms with E-state index in [1.54, 1.807) is 0 Å². The highest BCUT2D eigenvalue weighted by Gasteiger charge is 2.06. The SMILES string of the molecule is CCC(Br)C(=O)Cl. The summed E-state index contributed by atoms with van der Waals surface area (Å²) in [6.07, 6.45) is 0.752. The zero-order chi connectivity index (χ0) is 5.86.